The van der Waals surface area contributed by atoms with Gasteiger partial charge < -0.3 is 4.57 Å². The Morgan fingerprint density at radius 1 is 0.527 bits per heavy atom. The van der Waals surface area contributed by atoms with E-state index in [1.165, 1.54) is 83.8 Å². The third kappa shape index (κ3) is 7.48. The maximum absolute atomic E-state index is 15.0. The lowest BCUT2D eigenvalue weighted by atomic mass is 9.82. The molecule has 74 heavy (non-hydrogen) atoms. The van der Waals surface area contributed by atoms with Gasteiger partial charge >= 0.3 is 0 Å². The van der Waals surface area contributed by atoms with Crippen LogP contribution < -0.4 is 4.48 Å². The van der Waals surface area contributed by atoms with Gasteiger partial charge in [-0.15, -0.1) is 0 Å². The Labute approximate surface area is 436 Å². The molecule has 0 spiro atoms. The number of carbonyl (C=O) groups is 1. The quantitative estimate of drug-likeness (QED) is 0.0719. The number of allylic oxidation sites excluding steroid dienone is 4. The highest BCUT2D eigenvalue weighted by molar-refractivity contribution is 6.13. The molecule has 2 heterocycles. The maximum atomic E-state index is 15.0. The van der Waals surface area contributed by atoms with E-state index in [4.69, 9.17) is 0 Å². The first-order valence-corrected chi connectivity index (χ1v) is 26.3. The van der Waals surface area contributed by atoms with Crippen LogP contribution in [0.25, 0.3) is 83.4 Å². The van der Waals surface area contributed by atoms with Crippen LogP contribution in [0, 0.1) is 6.92 Å². The highest BCUT2D eigenvalue weighted by atomic mass is 16.1. The lowest BCUT2D eigenvalue weighted by molar-refractivity contribution is 0.103. The SMILES string of the molecule is CC=CC=C(CC)n1c(C)c(CC)c2cc(C(=O)c3ccc4c(c3)-c3cc5c(cc3[N+]4(C)c3cccc(-c4cccc(-c6cc(-c7ccccc7)cc(-c7ccccc7)c6)c4)c3)C(C)(C)c3ccccc3-5)ccc21. The molecule has 1 unspecified atom stereocenters. The van der Waals surface area contributed by atoms with Gasteiger partial charge in [-0.25, -0.2) is 4.48 Å². The monoisotopic (exact) mass is 957 g/mol. The Kier molecular flexibility index (Phi) is 11.5. The molecule has 10 aromatic rings. The first-order chi connectivity index (χ1) is 36.0. The number of quaternary nitrogens is 1. The molecule has 0 saturated carbocycles. The number of hydrogen-bond donors (Lipinski definition) is 0. The second kappa shape index (κ2) is 18.3. The minimum atomic E-state index is -0.185. The molecule has 1 aliphatic carbocycles. The number of aryl methyl sites for hydroxylation is 1. The normalized spacial score (nSPS) is 15.3. The van der Waals surface area contributed by atoms with Crippen molar-refractivity contribution in [3.05, 3.63) is 252 Å². The van der Waals surface area contributed by atoms with E-state index in [1.807, 2.05) is 6.07 Å². The van der Waals surface area contributed by atoms with Gasteiger partial charge in [-0.3, -0.25) is 4.79 Å². The van der Waals surface area contributed by atoms with Crippen LogP contribution >= 0.6 is 0 Å². The van der Waals surface area contributed by atoms with Gasteiger partial charge in [0.2, 0.25) is 0 Å². The van der Waals surface area contributed by atoms with Crippen LogP contribution in [0.2, 0.25) is 0 Å². The second-order valence-corrected chi connectivity index (χ2v) is 20.8. The highest BCUT2D eigenvalue weighted by Crippen LogP contribution is 2.61. The van der Waals surface area contributed by atoms with Gasteiger partial charge in [-0.1, -0.05) is 155 Å². The van der Waals surface area contributed by atoms with Crippen molar-refractivity contribution in [3.63, 3.8) is 0 Å². The average Bonchev–Trinajstić information content (AvgIpc) is 3.98. The molecule has 360 valence electrons. The second-order valence-electron chi connectivity index (χ2n) is 20.8. The lowest BCUT2D eigenvalue weighted by Crippen LogP contribution is -2.32. The highest BCUT2D eigenvalue weighted by Gasteiger charge is 2.46. The Hall–Kier alpha value is -8.37. The molecule has 3 nitrogen and oxygen atoms in total. The summed E-state index contributed by atoms with van der Waals surface area (Å²) < 4.78 is 2.84. The van der Waals surface area contributed by atoms with E-state index in [9.17, 15) is 4.79 Å². The molecular formula is C71H61N2O+. The molecular weight excluding hydrogens is 897 g/mol. The molecule has 12 rings (SSSR count). The van der Waals surface area contributed by atoms with E-state index in [0.717, 1.165) is 51.8 Å². The van der Waals surface area contributed by atoms with Crippen LogP contribution in [0.1, 0.15) is 79.3 Å². The van der Waals surface area contributed by atoms with Gasteiger partial charge in [0.25, 0.3) is 0 Å². The topological polar surface area (TPSA) is 22.0 Å². The Balaban J connectivity index is 0.978. The summed E-state index contributed by atoms with van der Waals surface area (Å²) in [6.07, 6.45) is 8.17. The van der Waals surface area contributed by atoms with Crippen LogP contribution in [-0.4, -0.2) is 17.4 Å². The van der Waals surface area contributed by atoms with E-state index in [0.29, 0.717) is 15.6 Å². The van der Waals surface area contributed by atoms with Crippen molar-refractivity contribution in [1.29, 1.82) is 0 Å². The molecule has 1 aromatic heterocycles. The molecule has 0 fully saturated rings. The third-order valence-corrected chi connectivity index (χ3v) is 16.3. The summed E-state index contributed by atoms with van der Waals surface area (Å²) in [4.78, 5) is 15.0. The van der Waals surface area contributed by atoms with Gasteiger partial charge in [0.1, 0.15) is 5.69 Å². The lowest BCUT2D eigenvalue weighted by Gasteiger charge is -2.31. The summed E-state index contributed by atoms with van der Waals surface area (Å²) in [5.41, 5.74) is 26.5. The minimum absolute atomic E-state index is 0.0321. The van der Waals surface area contributed by atoms with Gasteiger partial charge in [-0.2, -0.15) is 0 Å². The molecule has 0 saturated heterocycles. The van der Waals surface area contributed by atoms with Crippen LogP contribution in [0.3, 0.4) is 0 Å². The van der Waals surface area contributed by atoms with Crippen molar-refractivity contribution in [2.24, 2.45) is 0 Å². The van der Waals surface area contributed by atoms with Crippen molar-refractivity contribution < 1.29 is 4.79 Å². The summed E-state index contributed by atoms with van der Waals surface area (Å²) in [6.45, 7) is 13.4. The Morgan fingerprint density at radius 2 is 1.09 bits per heavy atom. The van der Waals surface area contributed by atoms with Crippen molar-refractivity contribution in [3.8, 4) is 66.8 Å². The van der Waals surface area contributed by atoms with E-state index in [-0.39, 0.29) is 11.2 Å². The maximum Gasteiger partial charge on any atom is 0.193 e. The van der Waals surface area contributed by atoms with E-state index in [2.05, 4.69) is 266 Å². The zero-order valence-electron chi connectivity index (χ0n) is 43.5. The summed E-state index contributed by atoms with van der Waals surface area (Å²) in [7, 11) is 2.34. The predicted molar refractivity (Wildman–Crippen MR) is 314 cm³/mol. The Morgan fingerprint density at radius 3 is 1.77 bits per heavy atom. The van der Waals surface area contributed by atoms with Crippen molar-refractivity contribution in [2.75, 3.05) is 7.05 Å². The molecule has 2 aliphatic rings. The summed E-state index contributed by atoms with van der Waals surface area (Å²) in [5, 5.41) is 1.14. The number of ketones is 1. The first-order valence-electron chi connectivity index (χ1n) is 26.3. The van der Waals surface area contributed by atoms with Crippen LogP contribution in [0.4, 0.5) is 17.1 Å². The molecule has 9 aromatic carbocycles. The standard InChI is InChI=1S/C71H61N2O/c1-8-11-29-57(9-2)72-46(4)59(10-3)62-42-52(33-35-67(62)72)70(74)53-34-36-68-63(43-53)64-44-61-60-31-18-19-32-65(60)71(5,6)66(61)45-69(64)73(68,7)58-30-21-28-51(41-58)49-26-20-27-50(37-49)56-39-54(47-22-14-12-15-23-47)38-55(40-56)48-24-16-13-17-25-48/h8,11-45H,9-10H2,1-7H3/q+1. The van der Waals surface area contributed by atoms with Crippen molar-refractivity contribution >= 4 is 39.4 Å². The third-order valence-electron chi connectivity index (χ3n) is 16.3. The van der Waals surface area contributed by atoms with Gasteiger partial charge in [0.05, 0.1) is 23.7 Å². The fourth-order valence-corrected chi connectivity index (χ4v) is 12.4. The molecule has 0 radical (unpaired) electrons. The van der Waals surface area contributed by atoms with E-state index >= 15 is 0 Å². The minimum Gasteiger partial charge on any atom is -0.317 e. The van der Waals surface area contributed by atoms with Crippen molar-refractivity contribution in [1.82, 2.24) is 9.05 Å². The zero-order chi connectivity index (χ0) is 50.9. The fraction of sp³-hybridized carbons (Fsp3) is 0.141. The number of nitrogens with zero attached hydrogens (tertiary/aromatic N) is 2. The summed E-state index contributed by atoms with van der Waals surface area (Å²) in [5.74, 6) is 0.0321. The number of hydrogen-bond acceptors (Lipinski definition) is 1. The molecule has 1 aliphatic heterocycles. The number of benzene rings is 9. The first kappa shape index (κ1) is 46.7. The smallest absolute Gasteiger partial charge is 0.193 e. The van der Waals surface area contributed by atoms with Gasteiger partial charge in [-0.05, 0) is 166 Å². The van der Waals surface area contributed by atoms with E-state index in [1.54, 1.807) is 0 Å². The molecule has 0 amide bonds. The van der Waals surface area contributed by atoms with Crippen LogP contribution in [0.15, 0.2) is 218 Å². The number of fused-ring (bicyclic) bond motifs is 7. The van der Waals surface area contributed by atoms with Crippen molar-refractivity contribution in [2.45, 2.75) is 59.8 Å². The number of carbonyl (C=O) groups excluding carboxylic acids is 1. The van der Waals surface area contributed by atoms with Gasteiger partial charge in [0, 0.05) is 57.6 Å². The Bertz CT molecular complexity index is 3880. The molecule has 3 heteroatoms. The van der Waals surface area contributed by atoms with Gasteiger partial charge in [0.15, 0.2) is 17.2 Å². The predicted octanol–water partition coefficient (Wildman–Crippen LogP) is 19.1. The zero-order valence-corrected chi connectivity index (χ0v) is 43.5. The fourth-order valence-electron chi connectivity index (χ4n) is 12.4. The average molecular weight is 958 g/mol. The van der Waals surface area contributed by atoms with Crippen LogP contribution in [0.5, 0.6) is 0 Å². The summed E-state index contributed by atoms with van der Waals surface area (Å²) >= 11 is 0. The molecule has 0 N–H and O–H groups in total. The number of aromatic nitrogens is 1. The number of rotatable bonds is 11. The largest absolute Gasteiger partial charge is 0.317 e. The summed E-state index contributed by atoms with van der Waals surface area (Å²) in [6, 6.07) is 73.0. The molecule has 1 atom stereocenters. The molecule has 0 bridgehead atoms. The van der Waals surface area contributed by atoms with Crippen LogP contribution in [-0.2, 0) is 11.8 Å². The van der Waals surface area contributed by atoms with E-state index < -0.39 is 0 Å².